The Morgan fingerprint density at radius 1 is 0.889 bits per heavy atom. The van der Waals surface area contributed by atoms with E-state index in [9.17, 15) is 0 Å². The van der Waals surface area contributed by atoms with Gasteiger partial charge in [-0.1, -0.05) is 41.5 Å². The minimum absolute atomic E-state index is 0.573. The maximum atomic E-state index is 2.63. The molecule has 3 aliphatic rings. The molecule has 3 aliphatic carbocycles. The first-order chi connectivity index (χ1) is 8.18. The molecule has 0 amide bonds. The smallest absolute Gasteiger partial charge is 0.0287 e. The fourth-order valence-corrected chi connectivity index (χ4v) is 6.34. The molecule has 0 saturated heterocycles. The highest BCUT2D eigenvalue weighted by Gasteiger charge is 2.60. The van der Waals surface area contributed by atoms with Crippen LogP contribution in [0.15, 0.2) is 0 Å². The van der Waals surface area contributed by atoms with Crippen LogP contribution in [0.4, 0.5) is 0 Å². The van der Waals surface area contributed by atoms with Gasteiger partial charge in [0.1, 0.15) is 0 Å². The van der Waals surface area contributed by atoms with Gasteiger partial charge in [0.25, 0.3) is 0 Å². The third-order valence-electron chi connectivity index (χ3n) is 7.81. The van der Waals surface area contributed by atoms with E-state index in [0.29, 0.717) is 16.2 Å². The summed E-state index contributed by atoms with van der Waals surface area (Å²) < 4.78 is 0. The van der Waals surface area contributed by atoms with Gasteiger partial charge in [-0.05, 0) is 72.0 Å². The summed E-state index contributed by atoms with van der Waals surface area (Å²) in [6.45, 7) is 15.3. The van der Waals surface area contributed by atoms with E-state index in [4.69, 9.17) is 0 Å². The molecule has 2 bridgehead atoms. The molecule has 0 heterocycles. The fraction of sp³-hybridized carbons (Fsp3) is 1.00. The predicted molar refractivity (Wildman–Crippen MR) is 78.4 cm³/mol. The lowest BCUT2D eigenvalue weighted by Gasteiger charge is -2.59. The van der Waals surface area contributed by atoms with Gasteiger partial charge in [-0.2, -0.15) is 0 Å². The molecule has 0 aromatic heterocycles. The van der Waals surface area contributed by atoms with Gasteiger partial charge in [0.05, 0.1) is 0 Å². The van der Waals surface area contributed by atoms with Crippen LogP contribution < -0.4 is 0 Å². The molecular formula is C18H32. The van der Waals surface area contributed by atoms with Crippen LogP contribution in [0.3, 0.4) is 0 Å². The van der Waals surface area contributed by atoms with Crippen molar-refractivity contribution in [3.8, 4) is 0 Å². The van der Waals surface area contributed by atoms with Crippen LogP contribution >= 0.6 is 0 Å². The summed E-state index contributed by atoms with van der Waals surface area (Å²) in [6.07, 6.45) is 7.46. The minimum atomic E-state index is 0.573. The van der Waals surface area contributed by atoms with Crippen LogP contribution in [0.5, 0.6) is 0 Å². The largest absolute Gasteiger partial charge is 0.0620 e. The molecule has 0 spiro atoms. The van der Waals surface area contributed by atoms with Gasteiger partial charge in [-0.3, -0.25) is 0 Å². The molecule has 3 saturated carbocycles. The first-order valence-corrected chi connectivity index (χ1v) is 8.18. The summed E-state index contributed by atoms with van der Waals surface area (Å²) in [5.41, 5.74) is 1.89. The molecule has 104 valence electrons. The van der Waals surface area contributed by atoms with Crippen molar-refractivity contribution in [2.45, 2.75) is 73.6 Å². The molecule has 0 N–H and O–H groups in total. The van der Waals surface area contributed by atoms with Crippen molar-refractivity contribution in [3.63, 3.8) is 0 Å². The second-order valence-electron chi connectivity index (χ2n) is 9.39. The Kier molecular flexibility index (Phi) is 2.57. The van der Waals surface area contributed by atoms with E-state index in [1.807, 2.05) is 0 Å². The van der Waals surface area contributed by atoms with Gasteiger partial charge in [-0.15, -0.1) is 0 Å². The molecule has 18 heavy (non-hydrogen) atoms. The van der Waals surface area contributed by atoms with Crippen molar-refractivity contribution in [2.24, 2.45) is 39.9 Å². The molecule has 0 heteroatoms. The van der Waals surface area contributed by atoms with E-state index in [1.54, 1.807) is 0 Å². The summed E-state index contributed by atoms with van der Waals surface area (Å²) in [4.78, 5) is 0. The predicted octanol–water partition coefficient (Wildman–Crippen LogP) is 5.52. The second kappa shape index (κ2) is 3.55. The SMILES string of the molecule is CC1C2C3CC(C)C(C)(C3)CC2(C)CCC1(C)C. The van der Waals surface area contributed by atoms with E-state index in [-0.39, 0.29) is 0 Å². The highest BCUT2D eigenvalue weighted by Crippen LogP contribution is 2.69. The fourth-order valence-electron chi connectivity index (χ4n) is 6.34. The van der Waals surface area contributed by atoms with Crippen molar-refractivity contribution in [3.05, 3.63) is 0 Å². The number of rotatable bonds is 0. The zero-order chi connectivity index (χ0) is 13.3. The summed E-state index contributed by atoms with van der Waals surface area (Å²) in [6, 6.07) is 0. The molecular weight excluding hydrogens is 216 g/mol. The standard InChI is InChI=1S/C18H32/c1-12-9-14-10-18(12,6)11-17(5)8-7-16(3,4)13(2)15(14)17/h12-15H,7-11H2,1-6H3. The Hall–Kier alpha value is 0. The second-order valence-corrected chi connectivity index (χ2v) is 9.39. The zero-order valence-corrected chi connectivity index (χ0v) is 13.3. The van der Waals surface area contributed by atoms with Crippen LogP contribution in [0, 0.1) is 39.9 Å². The van der Waals surface area contributed by atoms with Crippen LogP contribution in [0.25, 0.3) is 0 Å². The highest BCUT2D eigenvalue weighted by molar-refractivity contribution is 5.10. The van der Waals surface area contributed by atoms with Crippen molar-refractivity contribution >= 4 is 0 Å². The average molecular weight is 248 g/mol. The van der Waals surface area contributed by atoms with Gasteiger partial charge in [-0.25, -0.2) is 0 Å². The topological polar surface area (TPSA) is 0 Å². The first-order valence-electron chi connectivity index (χ1n) is 8.18. The Bertz CT molecular complexity index is 355. The van der Waals surface area contributed by atoms with Crippen molar-refractivity contribution in [1.29, 1.82) is 0 Å². The van der Waals surface area contributed by atoms with E-state index in [1.165, 1.54) is 32.1 Å². The van der Waals surface area contributed by atoms with Gasteiger partial charge in [0.15, 0.2) is 0 Å². The molecule has 6 unspecified atom stereocenters. The van der Waals surface area contributed by atoms with E-state index < -0.39 is 0 Å². The first kappa shape index (κ1) is 13.0. The van der Waals surface area contributed by atoms with Crippen LogP contribution in [0.1, 0.15) is 73.6 Å². The molecule has 0 aromatic rings. The molecule has 0 radical (unpaired) electrons. The highest BCUT2D eigenvalue weighted by atomic mass is 14.7. The Balaban J connectivity index is 1.98. The monoisotopic (exact) mass is 248 g/mol. The molecule has 3 rings (SSSR count). The maximum absolute atomic E-state index is 2.63. The van der Waals surface area contributed by atoms with E-state index in [0.717, 1.165) is 23.7 Å². The lowest BCUT2D eigenvalue weighted by molar-refractivity contribution is -0.0966. The van der Waals surface area contributed by atoms with Crippen LogP contribution in [-0.4, -0.2) is 0 Å². The quantitative estimate of drug-likeness (QED) is 0.529. The van der Waals surface area contributed by atoms with Crippen molar-refractivity contribution in [1.82, 2.24) is 0 Å². The van der Waals surface area contributed by atoms with Crippen LogP contribution in [0.2, 0.25) is 0 Å². The van der Waals surface area contributed by atoms with Gasteiger partial charge < -0.3 is 0 Å². The lowest BCUT2D eigenvalue weighted by Crippen LogP contribution is -2.51. The molecule has 0 nitrogen and oxygen atoms in total. The minimum Gasteiger partial charge on any atom is -0.0620 e. The Morgan fingerprint density at radius 3 is 2.22 bits per heavy atom. The average Bonchev–Trinajstić information content (AvgIpc) is 2.46. The van der Waals surface area contributed by atoms with Crippen molar-refractivity contribution < 1.29 is 0 Å². The van der Waals surface area contributed by atoms with Gasteiger partial charge >= 0.3 is 0 Å². The zero-order valence-electron chi connectivity index (χ0n) is 13.3. The summed E-state index contributed by atoms with van der Waals surface area (Å²) in [5, 5.41) is 0. The third kappa shape index (κ3) is 1.56. The third-order valence-corrected chi connectivity index (χ3v) is 7.81. The van der Waals surface area contributed by atoms with E-state index >= 15 is 0 Å². The maximum Gasteiger partial charge on any atom is -0.0287 e. The molecule has 0 aliphatic heterocycles. The number of hydrogen-bond acceptors (Lipinski definition) is 0. The molecule has 0 aromatic carbocycles. The summed E-state index contributed by atoms with van der Waals surface area (Å²) >= 11 is 0. The van der Waals surface area contributed by atoms with Gasteiger partial charge in [0, 0.05) is 0 Å². The summed E-state index contributed by atoms with van der Waals surface area (Å²) in [7, 11) is 0. The van der Waals surface area contributed by atoms with Crippen LogP contribution in [-0.2, 0) is 0 Å². The van der Waals surface area contributed by atoms with Crippen molar-refractivity contribution in [2.75, 3.05) is 0 Å². The molecule has 6 atom stereocenters. The van der Waals surface area contributed by atoms with E-state index in [2.05, 4.69) is 41.5 Å². The summed E-state index contributed by atoms with van der Waals surface area (Å²) in [5.74, 6) is 3.90. The normalized spacial score (nSPS) is 58.3. The number of hydrogen-bond donors (Lipinski definition) is 0. The molecule has 3 fully saturated rings. The Labute approximate surface area is 114 Å². The lowest BCUT2D eigenvalue weighted by atomic mass is 9.46. The Morgan fingerprint density at radius 2 is 1.56 bits per heavy atom. The number of fused-ring (bicyclic) bond motifs is 4. The van der Waals surface area contributed by atoms with Gasteiger partial charge in [0.2, 0.25) is 0 Å².